The molecule has 2 fully saturated rings. The van der Waals surface area contributed by atoms with Gasteiger partial charge in [-0.2, -0.15) is 13.2 Å². The van der Waals surface area contributed by atoms with Gasteiger partial charge < -0.3 is 34.5 Å². The molecule has 0 saturated carbocycles. The number of nitrogens with two attached hydrogens (primary N) is 1. The van der Waals surface area contributed by atoms with Crippen LogP contribution in [0.5, 0.6) is 11.5 Å². The molecule has 3 aliphatic rings. The van der Waals surface area contributed by atoms with E-state index in [0.717, 1.165) is 59.7 Å². The van der Waals surface area contributed by atoms with Gasteiger partial charge in [-0.05, 0) is 86.1 Å². The van der Waals surface area contributed by atoms with Crippen LogP contribution in [-0.4, -0.2) is 104 Å². The number of ether oxygens (including phenoxy) is 3. The average Bonchev–Trinajstić information content (AvgIpc) is 3.83. The molecule has 0 radical (unpaired) electrons. The Labute approximate surface area is 298 Å². The van der Waals surface area contributed by atoms with Gasteiger partial charge in [-0.3, -0.25) is 14.5 Å². The van der Waals surface area contributed by atoms with E-state index < -0.39 is 18.2 Å². The third-order valence-corrected chi connectivity index (χ3v) is 10.7. The van der Waals surface area contributed by atoms with Crippen molar-refractivity contribution in [1.82, 2.24) is 29.3 Å². The van der Waals surface area contributed by atoms with E-state index in [9.17, 15) is 22.8 Å². The molecule has 0 spiro atoms. The summed E-state index contributed by atoms with van der Waals surface area (Å²) in [6, 6.07) is 3.60. The number of hydrogen-bond donors (Lipinski definition) is 2. The standard InChI is InChI=1S/C29H36BrN7O5S.C2HF3O2/c1-3-35-9-4-5-20(35)28(39)42-17(2)27(38)36-10-6-18(7-11-36)8-12-37-26-24(25(31)32-15-33-26)34-29(37)43-23-14-22-21(13-19(23)30)40-16-41-22;3-2(4,5)1(6)7/h13-15,17-18,20H,3-12,16H2,1-2H3,(H2,31,32,33);(H,6,7)/t17-,20-;/m0./s1. The summed E-state index contributed by atoms with van der Waals surface area (Å²) < 4.78 is 51.4. The highest BCUT2D eigenvalue weighted by molar-refractivity contribution is 9.10. The number of piperidine rings is 1. The number of nitrogen functional groups attached to an aromatic ring is 1. The fourth-order valence-electron chi connectivity index (χ4n) is 6.07. The van der Waals surface area contributed by atoms with Gasteiger partial charge in [-0.15, -0.1) is 0 Å². The lowest BCUT2D eigenvalue weighted by Crippen LogP contribution is -2.46. The topological polar surface area (TPSA) is 175 Å². The maximum absolute atomic E-state index is 13.1. The van der Waals surface area contributed by atoms with E-state index in [0.29, 0.717) is 54.0 Å². The van der Waals surface area contributed by atoms with Crippen LogP contribution < -0.4 is 15.2 Å². The Morgan fingerprint density at radius 2 is 1.82 bits per heavy atom. The lowest BCUT2D eigenvalue weighted by atomic mass is 9.93. The molecule has 272 valence electrons. The summed E-state index contributed by atoms with van der Waals surface area (Å²) in [7, 11) is 0. The fraction of sp³-hybridized carbons (Fsp3) is 0.548. The zero-order valence-electron chi connectivity index (χ0n) is 27.3. The Balaban J connectivity index is 0.000000630. The molecule has 2 saturated heterocycles. The van der Waals surface area contributed by atoms with Crippen LogP contribution in [0.3, 0.4) is 0 Å². The number of aryl methyl sites for hydroxylation is 1. The second-order valence-electron chi connectivity index (χ2n) is 11.9. The molecule has 0 bridgehead atoms. The van der Waals surface area contributed by atoms with Crippen molar-refractivity contribution in [2.75, 3.05) is 38.7 Å². The number of carboxylic acids is 1. The van der Waals surface area contributed by atoms with Gasteiger partial charge in [0.15, 0.2) is 39.7 Å². The van der Waals surface area contributed by atoms with Crippen LogP contribution in [0.1, 0.15) is 46.0 Å². The van der Waals surface area contributed by atoms with Gasteiger partial charge in [0.1, 0.15) is 12.4 Å². The molecular formula is C31H37BrF3N7O7S. The van der Waals surface area contributed by atoms with Crippen molar-refractivity contribution in [3.8, 4) is 11.5 Å². The van der Waals surface area contributed by atoms with Gasteiger partial charge in [0.2, 0.25) is 6.79 Å². The minimum absolute atomic E-state index is 0.117. The number of hydrogen-bond acceptors (Lipinski definition) is 12. The number of imidazole rings is 1. The molecule has 0 unspecified atom stereocenters. The summed E-state index contributed by atoms with van der Waals surface area (Å²) in [6.45, 7) is 7.61. The first-order valence-electron chi connectivity index (χ1n) is 16.0. The van der Waals surface area contributed by atoms with E-state index in [2.05, 4.69) is 35.4 Å². The Kier molecular flexibility index (Phi) is 12.0. The van der Waals surface area contributed by atoms with Crippen LogP contribution in [0.15, 0.2) is 33.0 Å². The van der Waals surface area contributed by atoms with Crippen LogP contribution in [-0.2, 0) is 25.7 Å². The average molecular weight is 789 g/mol. The molecule has 2 atom stereocenters. The molecule has 6 rings (SSSR count). The van der Waals surface area contributed by atoms with E-state index in [1.54, 1.807) is 6.92 Å². The summed E-state index contributed by atoms with van der Waals surface area (Å²) in [4.78, 5) is 53.1. The fourth-order valence-corrected chi connectivity index (χ4v) is 7.58. The maximum atomic E-state index is 13.1. The molecule has 3 N–H and O–H groups in total. The number of carbonyl (C=O) groups excluding carboxylic acids is 2. The molecule has 5 heterocycles. The number of aliphatic carboxylic acids is 1. The highest BCUT2D eigenvalue weighted by Gasteiger charge is 2.38. The van der Waals surface area contributed by atoms with Gasteiger partial charge in [-0.1, -0.05) is 18.7 Å². The van der Waals surface area contributed by atoms with Crippen molar-refractivity contribution in [2.24, 2.45) is 5.92 Å². The molecular weight excluding hydrogens is 751 g/mol. The molecule has 50 heavy (non-hydrogen) atoms. The lowest BCUT2D eigenvalue weighted by Gasteiger charge is -2.34. The number of carbonyl (C=O) groups is 3. The molecule has 19 heteroatoms. The number of rotatable bonds is 9. The second-order valence-corrected chi connectivity index (χ2v) is 13.8. The molecule has 3 aliphatic heterocycles. The van der Waals surface area contributed by atoms with Crippen molar-refractivity contribution in [1.29, 1.82) is 0 Å². The minimum atomic E-state index is -5.08. The van der Waals surface area contributed by atoms with Crippen LogP contribution in [0.25, 0.3) is 11.2 Å². The van der Waals surface area contributed by atoms with Gasteiger partial charge in [0.05, 0.1) is 0 Å². The Hall–Kier alpha value is -3.84. The number of anilines is 1. The predicted molar refractivity (Wildman–Crippen MR) is 178 cm³/mol. The van der Waals surface area contributed by atoms with Gasteiger partial charge >= 0.3 is 18.1 Å². The van der Waals surface area contributed by atoms with Gasteiger partial charge in [0, 0.05) is 29.0 Å². The number of aromatic nitrogens is 4. The molecule has 3 aromatic rings. The summed E-state index contributed by atoms with van der Waals surface area (Å²) in [5.41, 5.74) is 7.44. The zero-order chi connectivity index (χ0) is 36.2. The number of esters is 1. The Morgan fingerprint density at radius 1 is 1.14 bits per heavy atom. The van der Waals surface area contributed by atoms with Crippen LogP contribution in [0, 0.1) is 5.92 Å². The van der Waals surface area contributed by atoms with Crippen LogP contribution in [0.4, 0.5) is 19.0 Å². The molecule has 1 amide bonds. The summed E-state index contributed by atoms with van der Waals surface area (Å²) in [6.07, 6.45) is 0.0163. The first kappa shape index (κ1) is 37.4. The second kappa shape index (κ2) is 16.0. The monoisotopic (exact) mass is 787 g/mol. The van der Waals surface area contributed by atoms with E-state index in [1.807, 2.05) is 24.0 Å². The highest BCUT2D eigenvalue weighted by Crippen LogP contribution is 2.43. The summed E-state index contributed by atoms with van der Waals surface area (Å²) in [5.74, 6) is -0.999. The number of likely N-dealkylation sites (N-methyl/N-ethyl adjacent to an activating group) is 1. The third-order valence-electron chi connectivity index (χ3n) is 8.77. The van der Waals surface area contributed by atoms with Crippen molar-refractivity contribution < 1.29 is 46.9 Å². The number of likely N-dealkylation sites (tertiary alicyclic amines) is 2. The van der Waals surface area contributed by atoms with Crippen molar-refractivity contribution in [2.45, 2.75) is 80.9 Å². The normalized spacial score (nSPS) is 18.5. The number of halogens is 4. The Morgan fingerprint density at radius 3 is 2.48 bits per heavy atom. The van der Waals surface area contributed by atoms with Gasteiger partial charge in [0.25, 0.3) is 5.91 Å². The van der Waals surface area contributed by atoms with E-state index in [1.165, 1.54) is 18.1 Å². The predicted octanol–water partition coefficient (Wildman–Crippen LogP) is 4.73. The van der Waals surface area contributed by atoms with Crippen LogP contribution >= 0.6 is 27.7 Å². The largest absolute Gasteiger partial charge is 0.490 e. The zero-order valence-corrected chi connectivity index (χ0v) is 29.7. The van der Waals surface area contributed by atoms with E-state index in [-0.39, 0.29) is 24.7 Å². The summed E-state index contributed by atoms with van der Waals surface area (Å²) >= 11 is 5.15. The van der Waals surface area contributed by atoms with Gasteiger partial charge in [-0.25, -0.2) is 19.7 Å². The van der Waals surface area contributed by atoms with Crippen molar-refractivity contribution in [3.63, 3.8) is 0 Å². The smallest absolute Gasteiger partial charge is 0.475 e. The molecule has 14 nitrogen and oxygen atoms in total. The number of benzene rings is 1. The number of alkyl halides is 3. The lowest BCUT2D eigenvalue weighted by molar-refractivity contribution is -0.192. The number of amides is 1. The van der Waals surface area contributed by atoms with Crippen molar-refractivity contribution >= 4 is 62.5 Å². The summed E-state index contributed by atoms with van der Waals surface area (Å²) in [5, 5.41) is 7.88. The van der Waals surface area contributed by atoms with E-state index in [4.69, 9.17) is 34.8 Å². The first-order chi connectivity index (χ1) is 23.8. The number of nitrogens with zero attached hydrogens (tertiary/aromatic N) is 6. The number of carboxylic acid groups (broad SMARTS) is 1. The Bertz CT molecular complexity index is 1720. The number of fused-ring (bicyclic) bond motifs is 2. The molecule has 2 aromatic heterocycles. The SMILES string of the molecule is CCN1CCC[C@H]1C(=O)O[C@@H](C)C(=O)N1CCC(CCn2c(Sc3cc4c(cc3Br)OCO4)nc3c(N)ncnc32)CC1.O=C(O)C(F)(F)F. The van der Waals surface area contributed by atoms with Crippen molar-refractivity contribution in [3.05, 3.63) is 22.9 Å². The molecule has 0 aliphatic carbocycles. The van der Waals surface area contributed by atoms with E-state index >= 15 is 0 Å². The molecule has 1 aromatic carbocycles. The minimum Gasteiger partial charge on any atom is -0.475 e. The van der Waals surface area contributed by atoms with Crippen LogP contribution in [0.2, 0.25) is 0 Å². The third kappa shape index (κ3) is 8.71. The maximum Gasteiger partial charge on any atom is 0.490 e. The first-order valence-corrected chi connectivity index (χ1v) is 17.6. The quantitative estimate of drug-likeness (QED) is 0.285. The highest BCUT2D eigenvalue weighted by atomic mass is 79.9.